The minimum Gasteiger partial charge on any atom is -0.461 e. The van der Waals surface area contributed by atoms with Gasteiger partial charge in [0.1, 0.15) is 24.2 Å². The van der Waals surface area contributed by atoms with E-state index in [1.807, 2.05) is 37.8 Å². The Morgan fingerprint density at radius 3 is 2.59 bits per heavy atom. The van der Waals surface area contributed by atoms with Crippen molar-refractivity contribution in [3.8, 4) is 6.01 Å². The summed E-state index contributed by atoms with van der Waals surface area (Å²) in [5, 5.41) is 0.847. The smallest absolute Gasteiger partial charge is 0.410 e. The van der Waals surface area contributed by atoms with E-state index in [9.17, 15) is 9.18 Å². The van der Waals surface area contributed by atoms with Crippen LogP contribution in [-0.4, -0.2) is 94.6 Å². The monoisotopic (exact) mass is 652 g/mol. The van der Waals surface area contributed by atoms with Crippen LogP contribution in [-0.2, 0) is 17.7 Å². The first-order chi connectivity index (χ1) is 22.1. The highest BCUT2D eigenvalue weighted by molar-refractivity contribution is 6.31. The molecule has 1 aromatic carbocycles. The Morgan fingerprint density at radius 2 is 1.85 bits per heavy atom. The van der Waals surface area contributed by atoms with Gasteiger partial charge < -0.3 is 19.3 Å². The molecule has 1 amide bonds. The molecule has 11 heteroatoms. The molecule has 248 valence electrons. The van der Waals surface area contributed by atoms with Gasteiger partial charge in [0.15, 0.2) is 0 Å². The third kappa shape index (κ3) is 5.57. The molecule has 6 heterocycles. The van der Waals surface area contributed by atoms with Gasteiger partial charge in [-0.3, -0.25) is 9.80 Å². The lowest BCUT2D eigenvalue weighted by atomic mass is 9.95. The van der Waals surface area contributed by atoms with Crippen molar-refractivity contribution in [1.29, 1.82) is 0 Å². The quantitative estimate of drug-likeness (QED) is 0.370. The summed E-state index contributed by atoms with van der Waals surface area (Å²) in [6, 6.07) is 6.76. The Balaban J connectivity index is 1.10. The van der Waals surface area contributed by atoms with E-state index in [1.54, 1.807) is 0 Å². The fourth-order valence-electron chi connectivity index (χ4n) is 8.83. The van der Waals surface area contributed by atoms with Gasteiger partial charge in [0.25, 0.3) is 0 Å². The van der Waals surface area contributed by atoms with E-state index in [2.05, 4.69) is 20.8 Å². The molecule has 1 saturated carbocycles. The molecule has 9 nitrogen and oxygen atoms in total. The number of rotatable bonds is 6. The highest BCUT2D eigenvalue weighted by Crippen LogP contribution is 2.48. The summed E-state index contributed by atoms with van der Waals surface area (Å²) in [6.45, 7) is 10.5. The zero-order valence-electron chi connectivity index (χ0n) is 27.3. The molecule has 0 radical (unpaired) electrons. The van der Waals surface area contributed by atoms with Gasteiger partial charge in [-0.1, -0.05) is 17.7 Å². The largest absolute Gasteiger partial charge is 0.461 e. The van der Waals surface area contributed by atoms with Gasteiger partial charge in [0.05, 0.1) is 29.9 Å². The average Bonchev–Trinajstić information content (AvgIpc) is 3.62. The number of alkyl halides is 1. The van der Waals surface area contributed by atoms with Crippen molar-refractivity contribution in [2.45, 2.75) is 114 Å². The molecule has 46 heavy (non-hydrogen) atoms. The van der Waals surface area contributed by atoms with Crippen LogP contribution in [0, 0.1) is 0 Å². The molecule has 5 aliphatic heterocycles. The molecular weight excluding hydrogens is 607 g/mol. The summed E-state index contributed by atoms with van der Waals surface area (Å²) in [5.41, 5.74) is 3.79. The molecule has 2 aromatic rings. The second kappa shape index (κ2) is 11.4. The number of amides is 1. The topological polar surface area (TPSA) is 74.3 Å². The lowest BCUT2D eigenvalue weighted by molar-refractivity contribution is 0.0122. The first kappa shape index (κ1) is 30.5. The van der Waals surface area contributed by atoms with Crippen LogP contribution in [0.3, 0.4) is 0 Å². The number of hydrogen-bond donors (Lipinski definition) is 0. The number of carbonyl (C=O) groups is 1. The minimum atomic E-state index is -0.812. The van der Waals surface area contributed by atoms with Crippen LogP contribution in [0.25, 0.3) is 0 Å². The summed E-state index contributed by atoms with van der Waals surface area (Å²) in [7, 11) is 0. The van der Waals surface area contributed by atoms with Gasteiger partial charge >= 0.3 is 12.1 Å². The van der Waals surface area contributed by atoms with Crippen molar-refractivity contribution < 1.29 is 18.7 Å². The zero-order valence-corrected chi connectivity index (χ0v) is 28.1. The number of piperazine rings is 1. The third-order valence-corrected chi connectivity index (χ3v) is 11.3. The first-order valence-corrected chi connectivity index (χ1v) is 17.7. The van der Waals surface area contributed by atoms with Gasteiger partial charge in [-0.15, -0.1) is 0 Å². The van der Waals surface area contributed by atoms with E-state index in [1.165, 1.54) is 24.1 Å². The predicted octanol–water partition coefficient (Wildman–Crippen LogP) is 6.11. The van der Waals surface area contributed by atoms with Gasteiger partial charge in [-0.25, -0.2) is 9.18 Å². The fourth-order valence-corrected chi connectivity index (χ4v) is 9.16. The second-order valence-electron chi connectivity index (χ2n) is 15.4. The van der Waals surface area contributed by atoms with Crippen LogP contribution in [0.4, 0.5) is 20.7 Å². The molecule has 2 unspecified atom stereocenters. The maximum atomic E-state index is 14.5. The van der Waals surface area contributed by atoms with Crippen LogP contribution in [0.5, 0.6) is 6.01 Å². The molecule has 4 atom stereocenters. The molecule has 2 bridgehead atoms. The van der Waals surface area contributed by atoms with Crippen LogP contribution >= 0.6 is 11.6 Å². The van der Waals surface area contributed by atoms with Crippen molar-refractivity contribution in [2.75, 3.05) is 49.1 Å². The highest BCUT2D eigenvalue weighted by Gasteiger charge is 2.50. The van der Waals surface area contributed by atoms with Crippen molar-refractivity contribution in [3.63, 3.8) is 0 Å². The van der Waals surface area contributed by atoms with E-state index in [-0.39, 0.29) is 23.7 Å². The maximum Gasteiger partial charge on any atom is 0.410 e. The molecule has 1 aromatic heterocycles. The number of nitrogens with zero attached hydrogens (tertiary/aromatic N) is 6. The number of hydrogen-bond acceptors (Lipinski definition) is 8. The summed E-state index contributed by atoms with van der Waals surface area (Å²) in [6.07, 6.45) is 6.55. The Kier molecular flexibility index (Phi) is 7.55. The summed E-state index contributed by atoms with van der Waals surface area (Å²) < 4.78 is 26.8. The summed E-state index contributed by atoms with van der Waals surface area (Å²) in [4.78, 5) is 32.4. The number of halogens is 2. The SMILES string of the molecule is CC(C)(C)OC(=O)N1[C@@H]2CC[C@H]1CN(c1nc(OCC34CCCN3CC(F)C4)nc3c1CCN(c1cccc(Cl)c1C1CC1)C3)C2. The molecule has 0 spiro atoms. The number of ether oxygens (including phenoxy) is 2. The standard InChI is InChI=1S/C35H46ClFN6O3/c1-34(2,3)46-33(44)43-24-10-11-25(43)19-41(18-24)31-26-12-15-40(29-7-4-6-27(36)30(29)22-8-9-22)20-28(26)38-32(39-31)45-21-35-13-5-14-42(35)17-23(37)16-35/h4,6-7,22-25H,5,8-21H2,1-3H3/t23?,24-,25+,35?. The summed E-state index contributed by atoms with van der Waals surface area (Å²) >= 11 is 6.75. The molecule has 6 aliphatic rings. The first-order valence-electron chi connectivity index (χ1n) is 17.3. The number of fused-ring (bicyclic) bond motifs is 4. The molecule has 5 fully saturated rings. The van der Waals surface area contributed by atoms with E-state index >= 15 is 0 Å². The Morgan fingerprint density at radius 1 is 1.07 bits per heavy atom. The van der Waals surface area contributed by atoms with E-state index in [0.717, 1.165) is 67.3 Å². The van der Waals surface area contributed by atoms with Crippen LogP contribution in [0.1, 0.15) is 88.5 Å². The van der Waals surface area contributed by atoms with Crippen molar-refractivity contribution in [3.05, 3.63) is 40.0 Å². The Hall–Kier alpha value is -2.85. The second-order valence-corrected chi connectivity index (χ2v) is 15.8. The number of anilines is 2. The number of carbonyl (C=O) groups excluding carboxylic acids is 1. The van der Waals surface area contributed by atoms with Gasteiger partial charge in [0, 0.05) is 48.9 Å². The minimum absolute atomic E-state index is 0.0714. The molecule has 1 aliphatic carbocycles. The van der Waals surface area contributed by atoms with Gasteiger partial charge in [0.2, 0.25) is 0 Å². The van der Waals surface area contributed by atoms with Gasteiger partial charge in [-0.05, 0) is 95.9 Å². The number of aromatic nitrogens is 2. The third-order valence-electron chi connectivity index (χ3n) is 11.0. The highest BCUT2D eigenvalue weighted by atomic mass is 35.5. The average molecular weight is 653 g/mol. The van der Waals surface area contributed by atoms with Crippen LogP contribution in [0.2, 0.25) is 5.02 Å². The predicted molar refractivity (Wildman–Crippen MR) is 176 cm³/mol. The van der Waals surface area contributed by atoms with E-state index in [0.29, 0.717) is 51.1 Å². The molecular formula is C35H46ClFN6O3. The zero-order chi connectivity index (χ0) is 31.8. The van der Waals surface area contributed by atoms with E-state index < -0.39 is 11.8 Å². The van der Waals surface area contributed by atoms with Gasteiger partial charge in [-0.2, -0.15) is 9.97 Å². The lowest BCUT2D eigenvalue weighted by Crippen LogP contribution is -2.57. The van der Waals surface area contributed by atoms with Crippen LogP contribution < -0.4 is 14.5 Å². The molecule has 8 rings (SSSR count). The normalized spacial score (nSPS) is 29.2. The Labute approximate surface area is 276 Å². The maximum absolute atomic E-state index is 14.5. The lowest BCUT2D eigenvalue weighted by Gasteiger charge is -2.43. The van der Waals surface area contributed by atoms with Crippen molar-refractivity contribution in [2.24, 2.45) is 0 Å². The number of benzene rings is 1. The van der Waals surface area contributed by atoms with Crippen molar-refractivity contribution in [1.82, 2.24) is 19.8 Å². The van der Waals surface area contributed by atoms with E-state index in [4.69, 9.17) is 31.0 Å². The Bertz CT molecular complexity index is 1500. The fraction of sp³-hybridized carbons (Fsp3) is 0.686. The summed E-state index contributed by atoms with van der Waals surface area (Å²) in [5.74, 6) is 1.45. The van der Waals surface area contributed by atoms with Crippen LogP contribution in [0.15, 0.2) is 18.2 Å². The van der Waals surface area contributed by atoms with Crippen molar-refractivity contribution >= 4 is 29.2 Å². The molecule has 0 N–H and O–H groups in total. The molecule has 4 saturated heterocycles.